The number of nitrogens with two attached hydrogens (primary N) is 1. The van der Waals surface area contributed by atoms with E-state index in [4.69, 9.17) is 5.73 Å². The molecule has 1 aromatic carbocycles. The van der Waals surface area contributed by atoms with Gasteiger partial charge in [-0.25, -0.2) is 0 Å². The first-order chi connectivity index (χ1) is 9.61. The summed E-state index contributed by atoms with van der Waals surface area (Å²) in [7, 11) is 2.18. The average molecular weight is 271 g/mol. The van der Waals surface area contributed by atoms with Crippen LogP contribution in [-0.4, -0.2) is 10.6 Å². The minimum Gasteiger partial charge on any atom is -0.348 e. The Labute approximate surface area is 121 Å². The molecule has 3 N–H and O–H groups in total. The lowest BCUT2D eigenvalue weighted by Crippen LogP contribution is -2.19. The van der Waals surface area contributed by atoms with Crippen LogP contribution < -0.4 is 11.1 Å². The first-order valence-electron chi connectivity index (χ1n) is 7.67. The Morgan fingerprint density at radius 1 is 1.30 bits per heavy atom. The highest BCUT2D eigenvalue weighted by molar-refractivity contribution is 5.87. The number of aryl methyl sites for hydroxylation is 2. The lowest BCUT2D eigenvalue weighted by molar-refractivity contribution is 0.595. The van der Waals surface area contributed by atoms with Crippen molar-refractivity contribution in [2.75, 3.05) is 0 Å². The van der Waals surface area contributed by atoms with Gasteiger partial charge in [0.2, 0.25) is 0 Å². The van der Waals surface area contributed by atoms with Crippen molar-refractivity contribution in [2.45, 2.75) is 52.2 Å². The third kappa shape index (κ3) is 2.15. The predicted octanol–water partition coefficient (Wildman–Crippen LogP) is 2.76. The Bertz CT molecular complexity index is 639. The van der Waals surface area contributed by atoms with Gasteiger partial charge in [0.05, 0.1) is 0 Å². The molecule has 1 atom stereocenters. The summed E-state index contributed by atoms with van der Waals surface area (Å²) in [4.78, 5) is 0. The maximum Gasteiger partial charge on any atom is 0.0486 e. The first-order valence-corrected chi connectivity index (χ1v) is 7.67. The van der Waals surface area contributed by atoms with Gasteiger partial charge >= 0.3 is 0 Å². The molecule has 0 fully saturated rings. The van der Waals surface area contributed by atoms with Gasteiger partial charge in [-0.2, -0.15) is 0 Å². The fraction of sp³-hybridized carbons (Fsp3) is 0.529. The van der Waals surface area contributed by atoms with E-state index in [9.17, 15) is 0 Å². The molecule has 0 aliphatic carbocycles. The summed E-state index contributed by atoms with van der Waals surface area (Å²) >= 11 is 0. The van der Waals surface area contributed by atoms with Crippen LogP contribution in [0.4, 0.5) is 0 Å². The highest BCUT2D eigenvalue weighted by atomic mass is 14.9. The van der Waals surface area contributed by atoms with Crippen molar-refractivity contribution in [3.63, 3.8) is 0 Å². The average Bonchev–Trinajstić information content (AvgIpc) is 2.99. The molecule has 0 radical (unpaired) electrons. The molecule has 1 aliphatic heterocycles. The number of nitrogens with one attached hydrogen (secondary N) is 1. The van der Waals surface area contributed by atoms with Gasteiger partial charge < -0.3 is 15.6 Å². The van der Waals surface area contributed by atoms with Gasteiger partial charge in [-0.1, -0.05) is 6.92 Å². The Kier molecular flexibility index (Phi) is 3.57. The summed E-state index contributed by atoms with van der Waals surface area (Å²) in [5, 5.41) is 4.86. The fourth-order valence-corrected chi connectivity index (χ4v) is 3.28. The zero-order valence-corrected chi connectivity index (χ0v) is 12.8. The summed E-state index contributed by atoms with van der Waals surface area (Å²) in [5.74, 6) is 0. The van der Waals surface area contributed by atoms with Crippen LogP contribution >= 0.6 is 0 Å². The third-order valence-electron chi connectivity index (χ3n) is 4.86. The van der Waals surface area contributed by atoms with Crippen molar-refractivity contribution in [1.82, 2.24) is 9.88 Å². The van der Waals surface area contributed by atoms with Gasteiger partial charge in [-0.15, -0.1) is 0 Å². The Balaban J connectivity index is 2.04. The number of hydrogen-bond donors (Lipinski definition) is 2. The molecule has 2 heterocycles. The zero-order chi connectivity index (χ0) is 14.3. The molecule has 3 heteroatoms. The van der Waals surface area contributed by atoms with Crippen molar-refractivity contribution >= 4 is 10.9 Å². The maximum atomic E-state index is 6.10. The van der Waals surface area contributed by atoms with Crippen molar-refractivity contribution in [1.29, 1.82) is 0 Å². The third-order valence-corrected chi connectivity index (χ3v) is 4.86. The largest absolute Gasteiger partial charge is 0.348 e. The van der Waals surface area contributed by atoms with Gasteiger partial charge in [-0.05, 0) is 55.0 Å². The number of aromatic nitrogens is 1. The van der Waals surface area contributed by atoms with E-state index in [-0.39, 0.29) is 0 Å². The van der Waals surface area contributed by atoms with Crippen molar-refractivity contribution < 1.29 is 0 Å². The van der Waals surface area contributed by atoms with Crippen LogP contribution in [0.2, 0.25) is 0 Å². The molecular weight excluding hydrogens is 246 g/mol. The van der Waals surface area contributed by atoms with Gasteiger partial charge in [-0.3, -0.25) is 0 Å². The van der Waals surface area contributed by atoms with E-state index in [1.165, 1.54) is 33.3 Å². The molecule has 1 unspecified atom stereocenters. The second-order valence-corrected chi connectivity index (χ2v) is 6.07. The minimum atomic E-state index is 0.320. The van der Waals surface area contributed by atoms with Gasteiger partial charge in [0.15, 0.2) is 0 Å². The predicted molar refractivity (Wildman–Crippen MR) is 84.8 cm³/mol. The van der Waals surface area contributed by atoms with Crippen molar-refractivity contribution in [2.24, 2.45) is 12.8 Å². The van der Waals surface area contributed by atoms with E-state index in [1.54, 1.807) is 0 Å². The van der Waals surface area contributed by atoms with E-state index in [2.05, 4.69) is 42.9 Å². The van der Waals surface area contributed by atoms with Crippen LogP contribution in [0.3, 0.4) is 0 Å². The van der Waals surface area contributed by atoms with Crippen molar-refractivity contribution in [3.05, 3.63) is 34.5 Å². The Morgan fingerprint density at radius 3 is 2.70 bits per heavy atom. The van der Waals surface area contributed by atoms with Crippen molar-refractivity contribution in [3.8, 4) is 0 Å². The molecule has 0 amide bonds. The zero-order valence-electron chi connectivity index (χ0n) is 12.8. The number of hydrogen-bond acceptors (Lipinski definition) is 2. The highest BCUT2D eigenvalue weighted by Crippen LogP contribution is 2.30. The number of rotatable bonds is 4. The second-order valence-electron chi connectivity index (χ2n) is 6.07. The van der Waals surface area contributed by atoms with Gasteiger partial charge in [0.25, 0.3) is 0 Å². The SMILES string of the molecule is CCC(N)CCc1c(C)n(C)c2cc3c(cc12)CNC3. The lowest BCUT2D eigenvalue weighted by Gasteiger charge is -2.09. The lowest BCUT2D eigenvalue weighted by atomic mass is 9.99. The smallest absolute Gasteiger partial charge is 0.0486 e. The molecule has 1 aromatic heterocycles. The van der Waals surface area contributed by atoms with E-state index >= 15 is 0 Å². The summed E-state index contributed by atoms with van der Waals surface area (Å²) < 4.78 is 2.33. The highest BCUT2D eigenvalue weighted by Gasteiger charge is 2.17. The maximum absolute atomic E-state index is 6.10. The monoisotopic (exact) mass is 271 g/mol. The van der Waals surface area contributed by atoms with Crippen LogP contribution in [0.1, 0.15) is 42.1 Å². The Morgan fingerprint density at radius 2 is 2.00 bits per heavy atom. The summed E-state index contributed by atoms with van der Waals surface area (Å²) in [6, 6.07) is 5.08. The van der Waals surface area contributed by atoms with E-state index in [1.807, 2.05) is 0 Å². The van der Waals surface area contributed by atoms with Crippen LogP contribution in [0.5, 0.6) is 0 Å². The second kappa shape index (κ2) is 5.23. The number of benzene rings is 1. The molecule has 0 spiro atoms. The summed E-state index contributed by atoms with van der Waals surface area (Å²) in [5.41, 5.74) is 13.3. The van der Waals surface area contributed by atoms with Crippen LogP contribution in [0, 0.1) is 6.92 Å². The number of nitrogens with zero attached hydrogens (tertiary/aromatic N) is 1. The summed E-state index contributed by atoms with van der Waals surface area (Å²) in [6.07, 6.45) is 3.22. The molecule has 20 heavy (non-hydrogen) atoms. The van der Waals surface area contributed by atoms with E-state index in [0.29, 0.717) is 6.04 Å². The van der Waals surface area contributed by atoms with Gasteiger partial charge in [0.1, 0.15) is 0 Å². The Hall–Kier alpha value is -1.32. The molecule has 0 saturated heterocycles. The number of fused-ring (bicyclic) bond motifs is 2. The van der Waals surface area contributed by atoms with Crippen LogP contribution in [0.25, 0.3) is 10.9 Å². The first kappa shape index (κ1) is 13.7. The normalized spacial score (nSPS) is 15.8. The molecule has 3 nitrogen and oxygen atoms in total. The quantitative estimate of drug-likeness (QED) is 0.898. The van der Waals surface area contributed by atoms with E-state index in [0.717, 1.165) is 32.4 Å². The molecule has 2 aromatic rings. The standard InChI is InChI=1S/C17H25N3/c1-4-14(18)5-6-15-11(2)20(3)17-8-13-10-19-9-12(13)7-16(15)17/h7-8,14,19H,4-6,9-10,18H2,1-3H3. The minimum absolute atomic E-state index is 0.320. The molecule has 3 rings (SSSR count). The topological polar surface area (TPSA) is 43.0 Å². The van der Waals surface area contributed by atoms with E-state index < -0.39 is 0 Å². The molecule has 0 saturated carbocycles. The van der Waals surface area contributed by atoms with Crippen LogP contribution in [0.15, 0.2) is 12.1 Å². The van der Waals surface area contributed by atoms with Crippen LogP contribution in [-0.2, 0) is 26.6 Å². The molecular formula is C17H25N3. The fourth-order valence-electron chi connectivity index (χ4n) is 3.28. The summed E-state index contributed by atoms with van der Waals surface area (Å²) in [6.45, 7) is 6.41. The molecule has 1 aliphatic rings. The molecule has 108 valence electrons. The molecule has 0 bridgehead atoms. The van der Waals surface area contributed by atoms with Gasteiger partial charge in [0, 0.05) is 42.8 Å².